The second-order valence-electron chi connectivity index (χ2n) is 7.64. The van der Waals surface area contributed by atoms with Gasteiger partial charge in [-0.1, -0.05) is 6.92 Å². The van der Waals surface area contributed by atoms with Gasteiger partial charge in [-0.2, -0.15) is 0 Å². The highest BCUT2D eigenvalue weighted by Crippen LogP contribution is 2.25. The molecule has 29 heavy (non-hydrogen) atoms. The molecule has 0 aromatic carbocycles. The molecule has 0 aliphatic carbocycles. The van der Waals surface area contributed by atoms with E-state index in [2.05, 4.69) is 37.4 Å². The Labute approximate surface area is 173 Å². The lowest BCUT2D eigenvalue weighted by atomic mass is 9.93. The van der Waals surface area contributed by atoms with E-state index in [-0.39, 0.29) is 5.91 Å². The summed E-state index contributed by atoms with van der Waals surface area (Å²) in [5, 5.41) is 6.36. The van der Waals surface area contributed by atoms with E-state index in [0.29, 0.717) is 18.9 Å². The van der Waals surface area contributed by atoms with E-state index >= 15 is 0 Å². The minimum atomic E-state index is 0.143. The number of nitrogens with zero attached hydrogens (tertiary/aromatic N) is 4. The van der Waals surface area contributed by atoms with Crippen molar-refractivity contribution < 1.29 is 4.79 Å². The van der Waals surface area contributed by atoms with Gasteiger partial charge < -0.3 is 15.5 Å². The van der Waals surface area contributed by atoms with Gasteiger partial charge >= 0.3 is 0 Å². The summed E-state index contributed by atoms with van der Waals surface area (Å²) in [6, 6.07) is 6.00. The van der Waals surface area contributed by atoms with Gasteiger partial charge in [0.25, 0.3) is 0 Å². The molecule has 7 heteroatoms. The van der Waals surface area contributed by atoms with Crippen molar-refractivity contribution in [2.45, 2.75) is 45.4 Å². The predicted molar refractivity (Wildman–Crippen MR) is 116 cm³/mol. The largest absolute Gasteiger partial charge is 0.370 e. The summed E-state index contributed by atoms with van der Waals surface area (Å²) in [5.41, 5.74) is 1.20. The van der Waals surface area contributed by atoms with E-state index < -0.39 is 0 Å². The Morgan fingerprint density at radius 1 is 1.24 bits per heavy atom. The molecule has 2 aromatic rings. The zero-order chi connectivity index (χ0) is 20.3. The van der Waals surface area contributed by atoms with Gasteiger partial charge in [-0.25, -0.2) is 9.97 Å². The van der Waals surface area contributed by atoms with Crippen molar-refractivity contribution in [3.63, 3.8) is 0 Å². The predicted octanol–water partition coefficient (Wildman–Crippen LogP) is 3.05. The van der Waals surface area contributed by atoms with Crippen molar-refractivity contribution >= 4 is 17.5 Å². The molecule has 2 N–H and O–H groups in total. The number of rotatable bonds is 10. The maximum Gasteiger partial charge on any atom is 0.220 e. The molecule has 3 rings (SSSR count). The average Bonchev–Trinajstić information content (AvgIpc) is 2.77. The lowest BCUT2D eigenvalue weighted by molar-refractivity contribution is -0.121. The molecule has 0 unspecified atom stereocenters. The highest BCUT2D eigenvalue weighted by molar-refractivity contribution is 5.75. The van der Waals surface area contributed by atoms with E-state index in [0.717, 1.165) is 57.0 Å². The molecule has 2 aromatic heterocycles. The van der Waals surface area contributed by atoms with Crippen molar-refractivity contribution in [3.8, 4) is 0 Å². The number of carbonyl (C=O) groups excluding carboxylic acids is 1. The van der Waals surface area contributed by atoms with Crippen LogP contribution in [0.15, 0.2) is 36.9 Å². The molecule has 7 nitrogen and oxygen atoms in total. The van der Waals surface area contributed by atoms with Crippen molar-refractivity contribution in [1.29, 1.82) is 0 Å². The van der Waals surface area contributed by atoms with Gasteiger partial charge in [0.15, 0.2) is 0 Å². The highest BCUT2D eigenvalue weighted by Gasteiger charge is 2.22. The van der Waals surface area contributed by atoms with E-state index in [1.54, 1.807) is 18.7 Å². The minimum Gasteiger partial charge on any atom is -0.370 e. The van der Waals surface area contributed by atoms with Crippen LogP contribution in [0.4, 0.5) is 11.6 Å². The van der Waals surface area contributed by atoms with Gasteiger partial charge in [0, 0.05) is 51.1 Å². The number of pyridine rings is 1. The molecule has 1 saturated heterocycles. The number of aromatic nitrogens is 3. The Balaban J connectivity index is 1.41. The molecule has 1 amide bonds. The second kappa shape index (κ2) is 11.3. The van der Waals surface area contributed by atoms with Crippen LogP contribution >= 0.6 is 0 Å². The summed E-state index contributed by atoms with van der Waals surface area (Å²) in [6.07, 6.45) is 10.9. The highest BCUT2D eigenvalue weighted by atomic mass is 16.1. The number of carbonyl (C=O) groups is 1. The van der Waals surface area contributed by atoms with Crippen LogP contribution in [0.1, 0.15) is 44.6 Å². The van der Waals surface area contributed by atoms with E-state index in [9.17, 15) is 4.79 Å². The fourth-order valence-corrected chi connectivity index (χ4v) is 3.70. The molecule has 0 radical (unpaired) electrons. The summed E-state index contributed by atoms with van der Waals surface area (Å²) in [7, 11) is 0. The first-order valence-corrected chi connectivity index (χ1v) is 10.7. The Morgan fingerprint density at radius 2 is 2.10 bits per heavy atom. The second-order valence-corrected chi connectivity index (χ2v) is 7.64. The smallest absolute Gasteiger partial charge is 0.220 e. The number of nitrogens with one attached hydrogen (secondary N) is 2. The molecule has 1 fully saturated rings. The van der Waals surface area contributed by atoms with Crippen LogP contribution in [0.2, 0.25) is 0 Å². The molecular weight excluding hydrogens is 364 g/mol. The Kier molecular flexibility index (Phi) is 8.22. The van der Waals surface area contributed by atoms with E-state index in [4.69, 9.17) is 0 Å². The molecule has 0 spiro atoms. The first kappa shape index (κ1) is 21.0. The van der Waals surface area contributed by atoms with Gasteiger partial charge in [0.05, 0.1) is 0 Å². The number of hydrogen-bond acceptors (Lipinski definition) is 6. The summed E-state index contributed by atoms with van der Waals surface area (Å²) < 4.78 is 0. The molecular formula is C22H32N6O. The lowest BCUT2D eigenvalue weighted by Gasteiger charge is -2.33. The molecule has 1 atom stereocenters. The van der Waals surface area contributed by atoms with Gasteiger partial charge in [-0.3, -0.25) is 9.78 Å². The van der Waals surface area contributed by atoms with Crippen molar-refractivity contribution in [2.75, 3.05) is 36.4 Å². The molecule has 156 valence electrons. The molecule has 1 aliphatic heterocycles. The summed E-state index contributed by atoms with van der Waals surface area (Å²) >= 11 is 0. The van der Waals surface area contributed by atoms with E-state index in [1.807, 2.05) is 18.2 Å². The normalized spacial score (nSPS) is 16.4. The van der Waals surface area contributed by atoms with Crippen LogP contribution in [0.3, 0.4) is 0 Å². The minimum absolute atomic E-state index is 0.143. The fourth-order valence-electron chi connectivity index (χ4n) is 3.70. The van der Waals surface area contributed by atoms with Gasteiger partial charge in [0.2, 0.25) is 5.91 Å². The monoisotopic (exact) mass is 396 g/mol. The zero-order valence-electron chi connectivity index (χ0n) is 17.3. The number of anilines is 2. The Hall–Kier alpha value is -2.70. The van der Waals surface area contributed by atoms with Crippen LogP contribution < -0.4 is 15.5 Å². The van der Waals surface area contributed by atoms with Crippen LogP contribution in [0.5, 0.6) is 0 Å². The Bertz CT molecular complexity index is 754. The van der Waals surface area contributed by atoms with Gasteiger partial charge in [0.1, 0.15) is 18.0 Å². The van der Waals surface area contributed by atoms with Crippen molar-refractivity contribution in [1.82, 2.24) is 20.3 Å². The van der Waals surface area contributed by atoms with Crippen molar-refractivity contribution in [3.05, 3.63) is 42.5 Å². The molecule has 3 heterocycles. The van der Waals surface area contributed by atoms with Gasteiger partial charge in [-0.15, -0.1) is 0 Å². The number of hydrogen-bond donors (Lipinski definition) is 2. The topological polar surface area (TPSA) is 83.0 Å². The maximum atomic E-state index is 12.2. The van der Waals surface area contributed by atoms with Crippen LogP contribution in [-0.4, -0.2) is 47.0 Å². The SMILES string of the molecule is CCCNc1cc(N2CCC[C@H](CCC(=O)NCCc3ccncc3)C2)ncn1. The number of amides is 1. The Morgan fingerprint density at radius 3 is 2.93 bits per heavy atom. The lowest BCUT2D eigenvalue weighted by Crippen LogP contribution is -2.36. The molecule has 0 saturated carbocycles. The van der Waals surface area contributed by atoms with Gasteiger partial charge in [-0.05, 0) is 55.7 Å². The standard InChI is InChI=1S/C22H32N6O/c1-2-10-24-20-15-21(27-17-26-20)28-14-3-4-19(16-28)5-6-22(29)25-13-9-18-7-11-23-12-8-18/h7-8,11-12,15,17,19H,2-6,9-10,13-14,16H2,1H3,(H,25,29)(H,24,26,27)/t19-/m1/s1. The molecule has 0 bridgehead atoms. The first-order chi connectivity index (χ1) is 14.2. The fraction of sp³-hybridized carbons (Fsp3) is 0.545. The first-order valence-electron chi connectivity index (χ1n) is 10.7. The third-order valence-corrected chi connectivity index (χ3v) is 5.32. The van der Waals surface area contributed by atoms with Crippen molar-refractivity contribution in [2.24, 2.45) is 5.92 Å². The van der Waals surface area contributed by atoms with Crippen LogP contribution in [-0.2, 0) is 11.2 Å². The molecule has 1 aliphatic rings. The van der Waals surface area contributed by atoms with Crippen LogP contribution in [0, 0.1) is 5.92 Å². The third-order valence-electron chi connectivity index (χ3n) is 5.32. The zero-order valence-corrected chi connectivity index (χ0v) is 17.3. The van der Waals surface area contributed by atoms with E-state index in [1.165, 1.54) is 12.0 Å². The summed E-state index contributed by atoms with van der Waals surface area (Å²) in [4.78, 5) is 27.3. The summed E-state index contributed by atoms with van der Waals surface area (Å²) in [6.45, 7) is 5.69. The summed E-state index contributed by atoms with van der Waals surface area (Å²) in [5.74, 6) is 2.53. The average molecular weight is 397 g/mol. The van der Waals surface area contributed by atoms with Crippen LogP contribution in [0.25, 0.3) is 0 Å². The third kappa shape index (κ3) is 7.00. The quantitative estimate of drug-likeness (QED) is 0.642. The maximum absolute atomic E-state index is 12.2. The number of piperidine rings is 1.